The molecule has 0 bridgehead atoms. The Hall–Kier alpha value is -6.91. The highest BCUT2D eigenvalue weighted by molar-refractivity contribution is 9.10. The van der Waals surface area contributed by atoms with Crippen molar-refractivity contribution in [2.45, 2.75) is 43.9 Å². The van der Waals surface area contributed by atoms with Gasteiger partial charge in [-0.3, -0.25) is 4.79 Å². The Balaban J connectivity index is 0.000000159. The Kier molecular flexibility index (Phi) is 11.8. The molecule has 3 saturated heterocycles. The number of rotatable bonds is 10. The van der Waals surface area contributed by atoms with Crippen LogP contribution in [0.2, 0.25) is 0 Å². The maximum Gasteiger partial charge on any atom is 0.228 e. The number of hydrogen-bond donors (Lipinski definition) is 0. The first-order valence-corrected chi connectivity index (χ1v) is 26.2. The molecule has 13 rings (SSSR count). The number of thiazole rings is 2. The summed E-state index contributed by atoms with van der Waals surface area (Å²) in [6.07, 6.45) is 7.69. The molecule has 0 unspecified atom stereocenters. The molecule has 8 aromatic rings. The molecule has 0 radical (unpaired) electrons. The molecule has 1 spiro atoms. The molecule has 5 aliphatic rings. The minimum Gasteiger partial charge on any atom is -0.381 e. The van der Waals surface area contributed by atoms with Crippen LogP contribution in [0.4, 0.5) is 44.9 Å². The number of anilines is 5. The number of likely N-dealkylation sites (tertiary alicyclic amines) is 1. The van der Waals surface area contributed by atoms with Gasteiger partial charge < -0.3 is 24.3 Å². The number of carbonyl (C=O) groups is 1. The quantitative estimate of drug-likeness (QED) is 0.121. The lowest BCUT2D eigenvalue weighted by molar-refractivity contribution is -0.149. The molecule has 0 N–H and O–H groups in total. The first-order valence-electron chi connectivity index (χ1n) is 23.8. The molecule has 5 fully saturated rings. The van der Waals surface area contributed by atoms with E-state index in [9.17, 15) is 28.5 Å². The molecule has 2 aromatic carbocycles. The average Bonchev–Trinajstić information content (AvgIpc) is 4.08. The second-order valence-electron chi connectivity index (χ2n) is 19.5. The lowest BCUT2D eigenvalue weighted by Gasteiger charge is -2.61. The van der Waals surface area contributed by atoms with Gasteiger partial charge in [0.15, 0.2) is 21.9 Å². The molecule has 73 heavy (non-hydrogen) atoms. The number of halogens is 5. The number of pyridine rings is 2. The van der Waals surface area contributed by atoms with Gasteiger partial charge in [0.25, 0.3) is 0 Å². The lowest BCUT2D eigenvalue weighted by atomic mass is 9.72. The second kappa shape index (κ2) is 18.2. The number of benzene rings is 2. The topological polar surface area (TPSA) is 147 Å². The van der Waals surface area contributed by atoms with Crippen molar-refractivity contribution in [1.29, 1.82) is 10.5 Å². The van der Waals surface area contributed by atoms with E-state index >= 15 is 4.39 Å². The molecule has 21 heteroatoms. The fraction of sp³-hybridized carbons (Fsp3) is 0.327. The van der Waals surface area contributed by atoms with Gasteiger partial charge >= 0.3 is 0 Å². The summed E-state index contributed by atoms with van der Waals surface area (Å²) in [5.74, 6) is -0.657. The van der Waals surface area contributed by atoms with Gasteiger partial charge in [0.1, 0.15) is 44.9 Å². The van der Waals surface area contributed by atoms with E-state index < -0.39 is 0 Å². The molecule has 2 saturated carbocycles. The van der Waals surface area contributed by atoms with Crippen LogP contribution in [0.15, 0.2) is 77.5 Å². The number of carbonyl (C=O) groups excluding carboxylic acids is 1. The van der Waals surface area contributed by atoms with Crippen molar-refractivity contribution in [2.24, 2.45) is 11.3 Å². The lowest BCUT2D eigenvalue weighted by Crippen LogP contribution is -2.73. The van der Waals surface area contributed by atoms with Crippen LogP contribution in [0.1, 0.15) is 65.1 Å². The van der Waals surface area contributed by atoms with E-state index in [1.54, 1.807) is 39.4 Å². The standard InChI is InChI=1S/C31H29F2N7O2S.C21H14BrF2N5S/c1-37(30-35-26(25(11-34)43-30)18-4-6-21(32)7-5-18)28-24-10-23(22(33)12-40(24)36-27(28)19-2-3-19)38-14-31(15-38)16-39(17-31)29(41)20-8-9-42-13-20;1-28(21-26-18(17(9-25)30-21)11-4-6-13(23)7-5-11)20-16-8-14(22)15(24)10-29(16)27-19(20)12-2-3-12/h4-7,10,12,19-20H,2-3,8-9,13-17H2,1H3;4-8,10,12H,2-3H2,1H3/t20-;/m0./s1. The molecular formula is C52H43BrF4N12O2S2. The summed E-state index contributed by atoms with van der Waals surface area (Å²) in [6, 6.07) is 19.9. The third-order valence-electron chi connectivity index (χ3n) is 14.3. The van der Waals surface area contributed by atoms with Crippen molar-refractivity contribution >= 4 is 82.9 Å². The van der Waals surface area contributed by atoms with Gasteiger partial charge in [0.2, 0.25) is 5.91 Å². The van der Waals surface area contributed by atoms with E-state index in [-0.39, 0.29) is 46.4 Å². The molecule has 1 atom stereocenters. The fourth-order valence-corrected chi connectivity index (χ4v) is 12.2. The van der Waals surface area contributed by atoms with Crippen molar-refractivity contribution in [2.75, 3.05) is 68.2 Å². The first-order chi connectivity index (χ1) is 35.3. The summed E-state index contributed by atoms with van der Waals surface area (Å²) in [6.45, 7) is 3.96. The van der Waals surface area contributed by atoms with Crippen LogP contribution in [0.3, 0.4) is 0 Å². The van der Waals surface area contributed by atoms with Gasteiger partial charge in [-0.15, -0.1) is 0 Å². The summed E-state index contributed by atoms with van der Waals surface area (Å²) >= 11 is 5.78. The summed E-state index contributed by atoms with van der Waals surface area (Å²) < 4.78 is 65.3. The van der Waals surface area contributed by atoms with E-state index in [0.717, 1.165) is 65.9 Å². The number of aromatic nitrogens is 6. The zero-order valence-corrected chi connectivity index (χ0v) is 42.5. The highest BCUT2D eigenvalue weighted by Crippen LogP contribution is 2.50. The Morgan fingerprint density at radius 1 is 0.726 bits per heavy atom. The first kappa shape index (κ1) is 47.1. The van der Waals surface area contributed by atoms with E-state index in [2.05, 4.69) is 38.2 Å². The Bertz CT molecular complexity index is 3570. The summed E-state index contributed by atoms with van der Waals surface area (Å²) in [7, 11) is 3.77. The van der Waals surface area contributed by atoms with Crippen LogP contribution in [0.25, 0.3) is 33.5 Å². The van der Waals surface area contributed by atoms with Crippen molar-refractivity contribution < 1.29 is 27.1 Å². The normalized spacial score (nSPS) is 17.8. The number of nitrogens with zero attached hydrogens (tertiary/aromatic N) is 12. The fourth-order valence-electron chi connectivity index (χ4n) is 10.2. The monoisotopic (exact) mass is 1090 g/mol. The number of amides is 1. The molecule has 1 amide bonds. The van der Waals surface area contributed by atoms with Crippen LogP contribution in [-0.2, 0) is 9.53 Å². The van der Waals surface area contributed by atoms with Crippen LogP contribution in [-0.4, -0.2) is 93.5 Å². The maximum absolute atomic E-state index is 15.5. The molecule has 14 nitrogen and oxygen atoms in total. The summed E-state index contributed by atoms with van der Waals surface area (Å²) in [4.78, 5) is 30.9. The second-order valence-corrected chi connectivity index (χ2v) is 22.3. The van der Waals surface area contributed by atoms with Gasteiger partial charge in [-0.1, -0.05) is 22.7 Å². The van der Waals surface area contributed by atoms with Crippen LogP contribution >= 0.6 is 38.6 Å². The zero-order valence-electron chi connectivity index (χ0n) is 39.3. The highest BCUT2D eigenvalue weighted by Gasteiger charge is 2.54. The van der Waals surface area contributed by atoms with Crippen molar-refractivity contribution in [3.63, 3.8) is 0 Å². The predicted molar refractivity (Wildman–Crippen MR) is 273 cm³/mol. The minimum absolute atomic E-state index is 0.0120. The Labute approximate surface area is 432 Å². The van der Waals surface area contributed by atoms with E-state index in [0.29, 0.717) is 98.0 Å². The molecule has 3 aliphatic heterocycles. The third-order valence-corrected chi connectivity index (χ3v) is 16.9. The molecule has 6 aromatic heterocycles. The smallest absolute Gasteiger partial charge is 0.228 e. The van der Waals surface area contributed by atoms with E-state index in [1.165, 1.54) is 59.3 Å². The van der Waals surface area contributed by atoms with Gasteiger partial charge in [0, 0.05) is 75.3 Å². The summed E-state index contributed by atoms with van der Waals surface area (Å²) in [5.41, 5.74) is 7.90. The number of hydrogen-bond acceptors (Lipinski definition) is 13. The van der Waals surface area contributed by atoms with Crippen LogP contribution in [0.5, 0.6) is 0 Å². The predicted octanol–water partition coefficient (Wildman–Crippen LogP) is 11.0. The minimum atomic E-state index is -0.388. The number of ether oxygens (including phenoxy) is 1. The zero-order chi connectivity index (χ0) is 50.4. The van der Waals surface area contributed by atoms with Gasteiger partial charge in [-0.05, 0) is 109 Å². The van der Waals surface area contributed by atoms with Gasteiger partial charge in [-0.25, -0.2) is 36.6 Å². The average molecular weight is 1090 g/mol. The van der Waals surface area contributed by atoms with E-state index in [1.807, 2.05) is 39.8 Å². The van der Waals surface area contributed by atoms with Gasteiger partial charge in [0.05, 0.1) is 68.9 Å². The molecular weight excluding hydrogens is 1040 g/mol. The molecule has 370 valence electrons. The third kappa shape index (κ3) is 8.55. The van der Waals surface area contributed by atoms with Gasteiger partial charge in [-0.2, -0.15) is 20.7 Å². The largest absolute Gasteiger partial charge is 0.381 e. The van der Waals surface area contributed by atoms with Crippen LogP contribution < -0.4 is 14.7 Å². The number of nitriles is 2. The van der Waals surface area contributed by atoms with E-state index in [4.69, 9.17) is 14.8 Å². The highest BCUT2D eigenvalue weighted by atomic mass is 79.9. The van der Waals surface area contributed by atoms with Crippen molar-refractivity contribution in [3.8, 4) is 34.7 Å². The maximum atomic E-state index is 15.5. The number of fused-ring (bicyclic) bond motifs is 2. The Morgan fingerprint density at radius 3 is 1.68 bits per heavy atom. The molecule has 9 heterocycles. The summed E-state index contributed by atoms with van der Waals surface area (Å²) in [5, 5.41) is 30.1. The van der Waals surface area contributed by atoms with Crippen LogP contribution in [0, 0.1) is 57.3 Å². The van der Waals surface area contributed by atoms with Crippen molar-refractivity contribution in [1.82, 2.24) is 34.1 Å². The molecule has 2 aliphatic carbocycles. The van der Waals surface area contributed by atoms with Crippen molar-refractivity contribution in [3.05, 3.63) is 122 Å². The Morgan fingerprint density at radius 2 is 1.22 bits per heavy atom. The SMILES string of the molecule is CN(c1nc(-c2ccc(F)cc2)c(C#N)s1)c1c(C2CC2)nn2cc(F)c(Br)cc12.CN(c1nc(-c2ccc(F)cc2)c(C#N)s1)c1c(C2CC2)nn2cc(F)c(N3CC4(CN(C(=O)[C@H]5CCOC5)C4)C3)cc12.